The minimum atomic E-state index is -0.635. The first-order valence-electron chi connectivity index (χ1n) is 7.51. The lowest BCUT2D eigenvalue weighted by Crippen LogP contribution is -2.55. The van der Waals surface area contributed by atoms with Gasteiger partial charge in [-0.2, -0.15) is 0 Å². The summed E-state index contributed by atoms with van der Waals surface area (Å²) in [6.07, 6.45) is -1.22. The first-order valence-corrected chi connectivity index (χ1v) is 9.44. The Morgan fingerprint density at radius 1 is 1.13 bits per heavy atom. The summed E-state index contributed by atoms with van der Waals surface area (Å²) < 4.78 is 16.5. The van der Waals surface area contributed by atoms with E-state index in [1.54, 1.807) is 11.8 Å². The van der Waals surface area contributed by atoms with Crippen LogP contribution in [0.2, 0.25) is 0 Å². The molecule has 1 fully saturated rings. The fourth-order valence-corrected chi connectivity index (χ4v) is 4.66. The molecule has 0 aromatic carbocycles. The zero-order chi connectivity index (χ0) is 17.6. The Bertz CT molecular complexity index is 442. The Balaban J connectivity index is 3.02. The molecule has 0 aromatic heterocycles. The lowest BCUT2D eigenvalue weighted by Gasteiger charge is -2.44. The number of hydrogen-bond donors (Lipinski definition) is 0. The van der Waals surface area contributed by atoms with E-state index in [0.29, 0.717) is 0 Å². The molecule has 5 atom stereocenters. The topological polar surface area (TPSA) is 78.9 Å². The van der Waals surface area contributed by atoms with Crippen LogP contribution in [0, 0.1) is 5.92 Å². The molecule has 1 aliphatic rings. The summed E-state index contributed by atoms with van der Waals surface area (Å²) in [5.41, 5.74) is -0.149. The van der Waals surface area contributed by atoms with Crippen molar-refractivity contribution in [3.05, 3.63) is 0 Å². The van der Waals surface area contributed by atoms with Crippen molar-refractivity contribution in [1.29, 1.82) is 0 Å². The van der Waals surface area contributed by atoms with E-state index in [2.05, 4.69) is 0 Å². The zero-order valence-electron chi connectivity index (χ0n) is 14.1. The normalized spacial score (nSPS) is 30.6. The van der Waals surface area contributed by atoms with Gasteiger partial charge in [0.1, 0.15) is 24.3 Å². The van der Waals surface area contributed by atoms with Crippen molar-refractivity contribution in [2.75, 3.05) is 12.4 Å². The van der Waals surface area contributed by atoms with Crippen molar-refractivity contribution in [2.45, 2.75) is 57.5 Å². The zero-order valence-corrected chi connectivity index (χ0v) is 15.7. The van der Waals surface area contributed by atoms with Gasteiger partial charge in [-0.25, -0.2) is 0 Å². The van der Waals surface area contributed by atoms with Crippen molar-refractivity contribution in [1.82, 2.24) is 0 Å². The highest BCUT2D eigenvalue weighted by Crippen LogP contribution is 2.40. The smallest absolute Gasteiger partial charge is 0.303 e. The Labute approximate surface area is 145 Å². The van der Waals surface area contributed by atoms with Gasteiger partial charge in [-0.1, -0.05) is 25.6 Å². The van der Waals surface area contributed by atoms with Gasteiger partial charge in [0.15, 0.2) is 5.12 Å². The summed E-state index contributed by atoms with van der Waals surface area (Å²) in [4.78, 5) is 34.2. The van der Waals surface area contributed by atoms with Crippen LogP contribution in [-0.4, -0.2) is 52.3 Å². The maximum atomic E-state index is 11.6. The van der Waals surface area contributed by atoms with Gasteiger partial charge < -0.3 is 14.2 Å². The molecule has 0 aromatic rings. The molecule has 0 saturated carbocycles. The Kier molecular flexibility index (Phi) is 8.42. The van der Waals surface area contributed by atoms with E-state index in [0.717, 1.165) is 17.5 Å². The summed E-state index contributed by atoms with van der Waals surface area (Å²) in [5.74, 6) is -0.0178. The fourth-order valence-electron chi connectivity index (χ4n) is 2.43. The quantitative estimate of drug-likeness (QED) is 0.664. The predicted molar refractivity (Wildman–Crippen MR) is 90.2 cm³/mol. The molecule has 0 radical (unpaired) electrons. The third-order valence-corrected chi connectivity index (χ3v) is 5.84. The molecule has 0 spiro atoms. The van der Waals surface area contributed by atoms with Gasteiger partial charge in [0, 0.05) is 26.7 Å². The van der Waals surface area contributed by atoms with Crippen LogP contribution < -0.4 is 0 Å². The third-order valence-electron chi connectivity index (χ3n) is 3.33. The van der Waals surface area contributed by atoms with Crippen molar-refractivity contribution < 1.29 is 28.6 Å². The summed E-state index contributed by atoms with van der Waals surface area (Å²) in [6.45, 7) is 8.11. The van der Waals surface area contributed by atoms with Crippen molar-refractivity contribution in [2.24, 2.45) is 5.92 Å². The van der Waals surface area contributed by atoms with Crippen LogP contribution >= 0.6 is 23.5 Å². The monoisotopic (exact) mass is 364 g/mol. The summed E-state index contributed by atoms with van der Waals surface area (Å²) in [6, 6.07) is 0. The van der Waals surface area contributed by atoms with Crippen LogP contribution in [0.3, 0.4) is 0 Å². The second kappa shape index (κ2) is 9.54. The molecule has 1 heterocycles. The number of ether oxygens (including phenoxy) is 3. The molecule has 2 unspecified atom stereocenters. The Hall–Kier alpha value is -0.730. The van der Waals surface area contributed by atoms with Gasteiger partial charge in [-0.05, 0) is 5.75 Å². The summed E-state index contributed by atoms with van der Waals surface area (Å²) in [5, 5.41) is -0.290. The first-order chi connectivity index (χ1) is 10.8. The van der Waals surface area contributed by atoms with E-state index in [1.165, 1.54) is 20.8 Å². The SMILES string of the molecule is CCS[C@@H]1OC(COC(C)=O)[C@H](OC(C)=O)[C@H](SC(C)=O)C1C. The van der Waals surface area contributed by atoms with Crippen LogP contribution in [0.4, 0.5) is 0 Å². The highest BCUT2D eigenvalue weighted by molar-refractivity contribution is 8.14. The van der Waals surface area contributed by atoms with E-state index in [1.807, 2.05) is 13.8 Å². The molecule has 8 heteroatoms. The van der Waals surface area contributed by atoms with E-state index in [9.17, 15) is 14.4 Å². The predicted octanol–water partition coefficient (Wildman–Crippen LogP) is 2.24. The number of esters is 2. The maximum Gasteiger partial charge on any atom is 0.303 e. The van der Waals surface area contributed by atoms with Crippen molar-refractivity contribution >= 4 is 40.6 Å². The third kappa shape index (κ3) is 6.35. The molecule has 0 N–H and O–H groups in total. The van der Waals surface area contributed by atoms with Crippen LogP contribution in [0.5, 0.6) is 0 Å². The standard InChI is InChI=1S/C15H24O6S2/c1-6-22-15-8(2)14(23-11(5)18)13(20-10(4)17)12(21-15)7-19-9(3)16/h8,12-15H,6-7H2,1-5H3/t8?,12?,13-,14+,15-/m0/s1. The minimum absolute atomic E-state index is 0.00423. The molecule has 0 amide bonds. The van der Waals surface area contributed by atoms with Crippen LogP contribution in [0.1, 0.15) is 34.6 Å². The average Bonchev–Trinajstić information content (AvgIpc) is 2.43. The molecule has 132 valence electrons. The number of carbonyl (C=O) groups excluding carboxylic acids is 3. The molecule has 1 rings (SSSR count). The van der Waals surface area contributed by atoms with E-state index in [4.69, 9.17) is 14.2 Å². The van der Waals surface area contributed by atoms with E-state index in [-0.39, 0.29) is 28.3 Å². The first kappa shape index (κ1) is 20.3. The van der Waals surface area contributed by atoms with Gasteiger partial charge in [0.2, 0.25) is 0 Å². The van der Waals surface area contributed by atoms with Crippen molar-refractivity contribution in [3.8, 4) is 0 Å². The Morgan fingerprint density at radius 3 is 2.26 bits per heavy atom. The number of rotatable bonds is 6. The van der Waals surface area contributed by atoms with Crippen LogP contribution in [-0.2, 0) is 28.6 Å². The van der Waals surface area contributed by atoms with E-state index < -0.39 is 24.1 Å². The van der Waals surface area contributed by atoms with Crippen LogP contribution in [0.25, 0.3) is 0 Å². The average molecular weight is 364 g/mol. The molecule has 0 bridgehead atoms. The van der Waals surface area contributed by atoms with Gasteiger partial charge in [0.05, 0.1) is 5.25 Å². The molecule has 1 aliphatic heterocycles. The number of thioether (sulfide) groups is 2. The van der Waals surface area contributed by atoms with Gasteiger partial charge in [-0.15, -0.1) is 11.8 Å². The minimum Gasteiger partial charge on any atom is -0.463 e. The molecular formula is C15H24O6S2. The summed E-state index contributed by atoms with van der Waals surface area (Å²) >= 11 is 2.77. The number of carbonyl (C=O) groups is 3. The van der Waals surface area contributed by atoms with Crippen LogP contribution in [0.15, 0.2) is 0 Å². The van der Waals surface area contributed by atoms with Gasteiger partial charge >= 0.3 is 11.9 Å². The second-order valence-corrected chi connectivity index (χ2v) is 8.04. The van der Waals surface area contributed by atoms with Crippen molar-refractivity contribution in [3.63, 3.8) is 0 Å². The largest absolute Gasteiger partial charge is 0.463 e. The lowest BCUT2D eigenvalue weighted by atomic mass is 9.96. The fraction of sp³-hybridized carbons (Fsp3) is 0.800. The number of hydrogen-bond acceptors (Lipinski definition) is 8. The maximum absolute atomic E-state index is 11.6. The lowest BCUT2D eigenvalue weighted by molar-refractivity contribution is -0.177. The molecular weight excluding hydrogens is 340 g/mol. The summed E-state index contributed by atoms with van der Waals surface area (Å²) in [7, 11) is 0. The Morgan fingerprint density at radius 2 is 1.78 bits per heavy atom. The molecule has 0 aliphatic carbocycles. The van der Waals surface area contributed by atoms with Gasteiger partial charge in [0.25, 0.3) is 0 Å². The van der Waals surface area contributed by atoms with E-state index >= 15 is 0 Å². The highest BCUT2D eigenvalue weighted by Gasteiger charge is 2.47. The molecule has 1 saturated heterocycles. The molecule has 23 heavy (non-hydrogen) atoms. The molecule has 6 nitrogen and oxygen atoms in total. The highest BCUT2D eigenvalue weighted by atomic mass is 32.2. The van der Waals surface area contributed by atoms with Gasteiger partial charge in [-0.3, -0.25) is 14.4 Å². The second-order valence-electron chi connectivity index (χ2n) is 5.31.